The Bertz CT molecular complexity index is 260. The van der Waals surface area contributed by atoms with Crippen LogP contribution in [0.25, 0.3) is 0 Å². The standard InChI is InChI=1S/C11H23BrO2S/c1-8(2)11(10(5)12)6-7-15(13,14)9(3)4/h8-11H,6-7H2,1-5H3. The molecule has 0 amide bonds. The molecule has 0 aromatic rings. The molecule has 2 nitrogen and oxygen atoms in total. The monoisotopic (exact) mass is 298 g/mol. The molecule has 0 aromatic heterocycles. The highest BCUT2D eigenvalue weighted by atomic mass is 79.9. The van der Waals surface area contributed by atoms with Crippen LogP contribution in [0, 0.1) is 11.8 Å². The summed E-state index contributed by atoms with van der Waals surface area (Å²) in [5.41, 5.74) is 0. The van der Waals surface area contributed by atoms with Crippen molar-refractivity contribution < 1.29 is 8.42 Å². The third kappa shape index (κ3) is 5.34. The first-order valence-corrected chi connectivity index (χ1v) is 8.17. The van der Waals surface area contributed by atoms with Gasteiger partial charge in [0.05, 0.1) is 11.0 Å². The summed E-state index contributed by atoms with van der Waals surface area (Å²) in [4.78, 5) is 0.375. The zero-order valence-corrected chi connectivity index (χ0v) is 12.7. The lowest BCUT2D eigenvalue weighted by Crippen LogP contribution is -2.24. The van der Waals surface area contributed by atoms with E-state index in [-0.39, 0.29) is 5.25 Å². The molecule has 4 heteroatoms. The first kappa shape index (κ1) is 15.4. The number of alkyl halides is 1. The Labute approximate surface area is 103 Å². The Morgan fingerprint density at radius 1 is 1.07 bits per heavy atom. The van der Waals surface area contributed by atoms with Gasteiger partial charge in [-0.15, -0.1) is 0 Å². The van der Waals surface area contributed by atoms with Gasteiger partial charge in [0.25, 0.3) is 0 Å². The molecular weight excluding hydrogens is 276 g/mol. The van der Waals surface area contributed by atoms with Crippen LogP contribution in [0.15, 0.2) is 0 Å². The molecule has 0 radical (unpaired) electrons. The maximum atomic E-state index is 11.7. The first-order chi connectivity index (χ1) is 6.68. The molecular formula is C11H23BrO2S. The van der Waals surface area contributed by atoms with E-state index in [2.05, 4.69) is 36.7 Å². The van der Waals surface area contributed by atoms with Crippen molar-refractivity contribution in [1.82, 2.24) is 0 Å². The Morgan fingerprint density at radius 3 is 1.80 bits per heavy atom. The fourth-order valence-corrected chi connectivity index (χ4v) is 3.58. The van der Waals surface area contributed by atoms with E-state index in [1.165, 1.54) is 0 Å². The van der Waals surface area contributed by atoms with Gasteiger partial charge in [0, 0.05) is 4.83 Å². The quantitative estimate of drug-likeness (QED) is 0.706. The molecule has 92 valence electrons. The van der Waals surface area contributed by atoms with E-state index in [1.807, 2.05) is 0 Å². The number of halogens is 1. The smallest absolute Gasteiger partial charge is 0.152 e. The highest BCUT2D eigenvalue weighted by Crippen LogP contribution is 2.25. The van der Waals surface area contributed by atoms with Crippen molar-refractivity contribution >= 4 is 25.8 Å². The van der Waals surface area contributed by atoms with Crippen LogP contribution in [-0.4, -0.2) is 24.2 Å². The highest BCUT2D eigenvalue weighted by molar-refractivity contribution is 9.09. The minimum atomic E-state index is -2.88. The van der Waals surface area contributed by atoms with Crippen LogP contribution >= 0.6 is 15.9 Å². The van der Waals surface area contributed by atoms with Crippen molar-refractivity contribution in [3.8, 4) is 0 Å². The van der Waals surface area contributed by atoms with Crippen LogP contribution in [0.3, 0.4) is 0 Å². The average molecular weight is 299 g/mol. The molecule has 0 fully saturated rings. The van der Waals surface area contributed by atoms with Gasteiger partial charge in [-0.3, -0.25) is 0 Å². The summed E-state index contributed by atoms with van der Waals surface area (Å²) in [5.74, 6) is 1.25. The summed E-state index contributed by atoms with van der Waals surface area (Å²) in [6.45, 7) is 9.87. The van der Waals surface area contributed by atoms with Crippen molar-refractivity contribution in [2.45, 2.75) is 51.1 Å². The second kappa shape index (κ2) is 6.24. The van der Waals surface area contributed by atoms with Gasteiger partial charge in [-0.25, -0.2) is 8.42 Å². The molecule has 0 N–H and O–H groups in total. The zero-order valence-electron chi connectivity index (χ0n) is 10.3. The summed E-state index contributed by atoms with van der Waals surface area (Å²) in [6.07, 6.45) is 0.755. The van der Waals surface area contributed by atoms with Gasteiger partial charge in [0.2, 0.25) is 0 Å². The van der Waals surface area contributed by atoms with Gasteiger partial charge in [0.15, 0.2) is 9.84 Å². The SMILES string of the molecule is CC(C)C(CCS(=O)(=O)C(C)C)C(C)Br. The third-order valence-corrected chi connectivity index (χ3v) is 5.82. The zero-order chi connectivity index (χ0) is 12.2. The molecule has 0 aliphatic carbocycles. The molecule has 2 atom stereocenters. The van der Waals surface area contributed by atoms with Gasteiger partial charge in [-0.2, -0.15) is 0 Å². The van der Waals surface area contributed by atoms with Crippen LogP contribution in [-0.2, 0) is 9.84 Å². The Morgan fingerprint density at radius 2 is 1.53 bits per heavy atom. The number of hydrogen-bond acceptors (Lipinski definition) is 2. The van der Waals surface area contributed by atoms with Crippen molar-refractivity contribution in [3.63, 3.8) is 0 Å². The maximum Gasteiger partial charge on any atom is 0.152 e. The van der Waals surface area contributed by atoms with E-state index in [0.717, 1.165) is 6.42 Å². The molecule has 2 unspecified atom stereocenters. The van der Waals surface area contributed by atoms with Crippen molar-refractivity contribution in [2.75, 3.05) is 5.75 Å². The Hall–Kier alpha value is 0.430. The molecule has 0 spiro atoms. The second-order valence-electron chi connectivity index (χ2n) is 4.79. The maximum absolute atomic E-state index is 11.7. The van der Waals surface area contributed by atoms with Crippen molar-refractivity contribution in [3.05, 3.63) is 0 Å². The predicted molar refractivity (Wildman–Crippen MR) is 70.3 cm³/mol. The summed E-state index contributed by atoms with van der Waals surface area (Å²) in [5, 5.41) is -0.254. The Balaban J connectivity index is 4.36. The lowest BCUT2D eigenvalue weighted by Gasteiger charge is -2.23. The molecule has 0 bridgehead atoms. The molecule has 15 heavy (non-hydrogen) atoms. The van der Waals surface area contributed by atoms with E-state index >= 15 is 0 Å². The van der Waals surface area contributed by atoms with E-state index in [4.69, 9.17) is 0 Å². The summed E-state index contributed by atoms with van der Waals surface area (Å²) < 4.78 is 23.3. The summed E-state index contributed by atoms with van der Waals surface area (Å²) in [7, 11) is -2.88. The first-order valence-electron chi connectivity index (χ1n) is 5.54. The lowest BCUT2D eigenvalue weighted by atomic mass is 9.91. The fourth-order valence-electron chi connectivity index (χ4n) is 1.63. The predicted octanol–water partition coefficient (Wildman–Crippen LogP) is 3.26. The molecule has 0 aromatic carbocycles. The van der Waals surface area contributed by atoms with Gasteiger partial charge in [-0.05, 0) is 32.1 Å². The molecule has 0 saturated heterocycles. The van der Waals surface area contributed by atoms with Crippen LogP contribution in [0.2, 0.25) is 0 Å². The van der Waals surface area contributed by atoms with Crippen LogP contribution < -0.4 is 0 Å². The van der Waals surface area contributed by atoms with Crippen LogP contribution in [0.5, 0.6) is 0 Å². The highest BCUT2D eigenvalue weighted by Gasteiger charge is 2.23. The number of sulfone groups is 1. The third-order valence-electron chi connectivity index (χ3n) is 2.90. The summed E-state index contributed by atoms with van der Waals surface area (Å²) in [6, 6.07) is 0. The lowest BCUT2D eigenvalue weighted by molar-refractivity contribution is 0.374. The molecule has 0 aliphatic heterocycles. The van der Waals surface area contributed by atoms with Gasteiger partial charge < -0.3 is 0 Å². The largest absolute Gasteiger partial charge is 0.229 e. The van der Waals surface area contributed by atoms with Gasteiger partial charge in [-0.1, -0.05) is 36.7 Å². The fraction of sp³-hybridized carbons (Fsp3) is 1.00. The molecule has 0 heterocycles. The molecule has 0 aliphatic rings. The molecule has 0 saturated carbocycles. The normalized spacial score (nSPS) is 17.1. The topological polar surface area (TPSA) is 34.1 Å². The average Bonchev–Trinajstić information content (AvgIpc) is 2.02. The van der Waals surface area contributed by atoms with E-state index in [0.29, 0.717) is 22.4 Å². The second-order valence-corrected chi connectivity index (χ2v) is 8.91. The van der Waals surface area contributed by atoms with Gasteiger partial charge >= 0.3 is 0 Å². The minimum absolute atomic E-state index is 0.254. The Kier molecular flexibility index (Phi) is 6.41. The minimum Gasteiger partial charge on any atom is -0.229 e. The van der Waals surface area contributed by atoms with Gasteiger partial charge in [0.1, 0.15) is 0 Å². The van der Waals surface area contributed by atoms with E-state index in [9.17, 15) is 8.42 Å². The van der Waals surface area contributed by atoms with Crippen LogP contribution in [0.4, 0.5) is 0 Å². The van der Waals surface area contributed by atoms with Crippen LogP contribution in [0.1, 0.15) is 41.0 Å². The summed E-state index contributed by atoms with van der Waals surface area (Å²) >= 11 is 3.55. The van der Waals surface area contributed by atoms with Crippen molar-refractivity contribution in [2.24, 2.45) is 11.8 Å². The molecule has 0 rings (SSSR count). The van der Waals surface area contributed by atoms with Crippen molar-refractivity contribution in [1.29, 1.82) is 0 Å². The van der Waals surface area contributed by atoms with E-state index < -0.39 is 9.84 Å². The number of rotatable bonds is 6. The number of hydrogen-bond donors (Lipinski definition) is 0. The van der Waals surface area contributed by atoms with E-state index in [1.54, 1.807) is 13.8 Å².